The lowest BCUT2D eigenvalue weighted by Crippen LogP contribution is -2.29. The summed E-state index contributed by atoms with van der Waals surface area (Å²) in [5, 5.41) is 12.4. The smallest absolute Gasteiger partial charge is 0.253 e. The Morgan fingerprint density at radius 2 is 2.05 bits per heavy atom. The normalized spacial score (nSPS) is 20.6. The molecule has 1 aromatic rings. The second-order valence-electron chi connectivity index (χ2n) is 5.68. The first-order valence-corrected chi connectivity index (χ1v) is 7.34. The first-order valence-electron chi connectivity index (χ1n) is 7.34. The van der Waals surface area contributed by atoms with Gasteiger partial charge in [0.15, 0.2) is 0 Å². The highest BCUT2D eigenvalue weighted by molar-refractivity contribution is 5.94. The van der Waals surface area contributed by atoms with Gasteiger partial charge in [-0.3, -0.25) is 4.79 Å². The number of nitrogens with zero attached hydrogens (tertiary/aromatic N) is 1. The molecular weight excluding hydrogens is 256 g/mol. The van der Waals surface area contributed by atoms with Crippen LogP contribution >= 0.6 is 0 Å². The molecule has 2 aliphatic rings. The number of anilines is 1. The molecule has 0 saturated heterocycles. The molecule has 0 aliphatic heterocycles. The van der Waals surface area contributed by atoms with Crippen LogP contribution in [0.15, 0.2) is 18.3 Å². The monoisotopic (exact) mass is 276 g/mol. The van der Waals surface area contributed by atoms with E-state index in [0.717, 1.165) is 25.7 Å². The topological polar surface area (TPSA) is 71.5 Å². The summed E-state index contributed by atoms with van der Waals surface area (Å²) in [7, 11) is 0. The zero-order valence-corrected chi connectivity index (χ0v) is 11.4. The highest BCUT2D eigenvalue weighted by Crippen LogP contribution is 2.33. The second kappa shape index (κ2) is 5.79. The van der Waals surface area contributed by atoms with Gasteiger partial charge in [-0.2, -0.15) is 0 Å². The van der Waals surface area contributed by atoms with E-state index in [0.29, 0.717) is 11.6 Å². The van der Waals surface area contributed by atoms with Gasteiger partial charge < -0.3 is 15.2 Å². The summed E-state index contributed by atoms with van der Waals surface area (Å²) in [5.74, 6) is 0.379. The van der Waals surface area contributed by atoms with Gasteiger partial charge in [-0.15, -0.1) is 0 Å². The van der Waals surface area contributed by atoms with Gasteiger partial charge in [0, 0.05) is 6.07 Å². The van der Waals surface area contributed by atoms with Crippen molar-refractivity contribution in [1.82, 2.24) is 4.98 Å². The first-order chi connectivity index (χ1) is 9.72. The third-order valence-electron chi connectivity index (χ3n) is 3.93. The van der Waals surface area contributed by atoms with Crippen LogP contribution < -0.4 is 10.1 Å². The Morgan fingerprint density at radius 3 is 2.65 bits per heavy atom. The minimum Gasteiger partial charge on any atom is -0.474 e. The van der Waals surface area contributed by atoms with E-state index in [2.05, 4.69) is 10.3 Å². The molecule has 5 nitrogen and oxygen atoms in total. The van der Waals surface area contributed by atoms with Crippen LogP contribution in [0, 0.1) is 5.92 Å². The Bertz CT molecular complexity index is 465. The molecule has 108 valence electrons. The molecule has 2 aliphatic carbocycles. The van der Waals surface area contributed by atoms with Crippen LogP contribution in [0.1, 0.15) is 38.5 Å². The standard InChI is InChI=1S/C15H20N2O3/c18-14(10-5-6-10)15(19)17-11-7-8-13(16-9-11)20-12-3-1-2-4-12/h7-10,12,14,18H,1-6H2,(H,17,19). The van der Waals surface area contributed by atoms with E-state index in [4.69, 9.17) is 4.74 Å². The van der Waals surface area contributed by atoms with Crippen molar-refractivity contribution >= 4 is 11.6 Å². The molecule has 0 radical (unpaired) electrons. The van der Waals surface area contributed by atoms with Gasteiger partial charge in [-0.05, 0) is 50.5 Å². The van der Waals surface area contributed by atoms with Crippen molar-refractivity contribution in [2.45, 2.75) is 50.7 Å². The third-order valence-corrected chi connectivity index (χ3v) is 3.93. The molecule has 5 heteroatoms. The maximum Gasteiger partial charge on any atom is 0.253 e. The van der Waals surface area contributed by atoms with Gasteiger partial charge >= 0.3 is 0 Å². The van der Waals surface area contributed by atoms with Gasteiger partial charge in [-0.1, -0.05) is 0 Å². The van der Waals surface area contributed by atoms with Gasteiger partial charge in [0.2, 0.25) is 5.88 Å². The average Bonchev–Trinajstić information content (AvgIpc) is 3.18. The van der Waals surface area contributed by atoms with Gasteiger partial charge in [0.25, 0.3) is 5.91 Å². The van der Waals surface area contributed by atoms with Crippen molar-refractivity contribution in [2.75, 3.05) is 5.32 Å². The van der Waals surface area contributed by atoms with E-state index in [-0.39, 0.29) is 17.9 Å². The maximum atomic E-state index is 11.7. The molecule has 2 saturated carbocycles. The Hall–Kier alpha value is -1.62. The number of aliphatic hydroxyl groups is 1. The minimum absolute atomic E-state index is 0.132. The number of carbonyl (C=O) groups excluding carboxylic acids is 1. The predicted octanol–water partition coefficient (Wildman–Crippen LogP) is 2.11. The van der Waals surface area contributed by atoms with Crippen molar-refractivity contribution in [3.8, 4) is 5.88 Å². The summed E-state index contributed by atoms with van der Waals surface area (Å²) in [6.45, 7) is 0. The van der Waals surface area contributed by atoms with Crippen molar-refractivity contribution in [3.63, 3.8) is 0 Å². The Labute approximate surface area is 118 Å². The molecule has 2 fully saturated rings. The van der Waals surface area contributed by atoms with E-state index in [9.17, 15) is 9.90 Å². The molecule has 3 rings (SSSR count). The summed E-state index contributed by atoms with van der Waals surface area (Å²) in [4.78, 5) is 15.9. The number of hydrogen-bond donors (Lipinski definition) is 2. The van der Waals surface area contributed by atoms with Crippen LogP contribution in [0.25, 0.3) is 0 Å². The summed E-state index contributed by atoms with van der Waals surface area (Å²) in [6.07, 6.45) is 7.44. The van der Waals surface area contributed by atoms with Crippen LogP contribution in [0.2, 0.25) is 0 Å². The van der Waals surface area contributed by atoms with Crippen molar-refractivity contribution in [3.05, 3.63) is 18.3 Å². The molecule has 1 heterocycles. The molecular formula is C15H20N2O3. The summed E-state index contributed by atoms with van der Waals surface area (Å²) in [5.41, 5.74) is 0.591. The SMILES string of the molecule is O=C(Nc1ccc(OC2CCCC2)nc1)C(O)C1CC1. The van der Waals surface area contributed by atoms with Gasteiger partial charge in [0.05, 0.1) is 11.9 Å². The number of rotatable bonds is 5. The average molecular weight is 276 g/mol. The molecule has 20 heavy (non-hydrogen) atoms. The van der Waals surface area contributed by atoms with Crippen molar-refractivity contribution < 1.29 is 14.6 Å². The number of amides is 1. The van der Waals surface area contributed by atoms with Gasteiger partial charge in [-0.25, -0.2) is 4.98 Å². The van der Waals surface area contributed by atoms with Crippen LogP contribution in [-0.4, -0.2) is 28.2 Å². The van der Waals surface area contributed by atoms with E-state index >= 15 is 0 Å². The number of carbonyl (C=O) groups is 1. The zero-order valence-electron chi connectivity index (χ0n) is 11.4. The fourth-order valence-electron chi connectivity index (χ4n) is 2.54. The lowest BCUT2D eigenvalue weighted by Gasteiger charge is -2.13. The molecule has 2 N–H and O–H groups in total. The van der Waals surface area contributed by atoms with E-state index < -0.39 is 6.10 Å². The Morgan fingerprint density at radius 1 is 1.30 bits per heavy atom. The number of aromatic nitrogens is 1. The number of pyridine rings is 1. The number of nitrogens with one attached hydrogen (secondary N) is 1. The lowest BCUT2D eigenvalue weighted by atomic mass is 10.2. The van der Waals surface area contributed by atoms with E-state index in [1.807, 2.05) is 0 Å². The van der Waals surface area contributed by atoms with E-state index in [1.54, 1.807) is 18.3 Å². The minimum atomic E-state index is -0.899. The summed E-state index contributed by atoms with van der Waals surface area (Å²) < 4.78 is 5.76. The predicted molar refractivity (Wildman–Crippen MR) is 74.5 cm³/mol. The molecule has 1 amide bonds. The van der Waals surface area contributed by atoms with Crippen molar-refractivity contribution in [2.24, 2.45) is 5.92 Å². The van der Waals surface area contributed by atoms with Crippen molar-refractivity contribution in [1.29, 1.82) is 0 Å². The van der Waals surface area contributed by atoms with Crippen LogP contribution in [0.4, 0.5) is 5.69 Å². The fraction of sp³-hybridized carbons (Fsp3) is 0.600. The summed E-state index contributed by atoms with van der Waals surface area (Å²) in [6, 6.07) is 3.52. The Kier molecular flexibility index (Phi) is 3.87. The molecule has 0 spiro atoms. The molecule has 1 atom stereocenters. The van der Waals surface area contributed by atoms with E-state index in [1.165, 1.54) is 12.8 Å². The molecule has 1 aromatic heterocycles. The first kappa shape index (κ1) is 13.4. The summed E-state index contributed by atoms with van der Waals surface area (Å²) >= 11 is 0. The fourth-order valence-corrected chi connectivity index (χ4v) is 2.54. The highest BCUT2D eigenvalue weighted by atomic mass is 16.5. The second-order valence-corrected chi connectivity index (χ2v) is 5.68. The quantitative estimate of drug-likeness (QED) is 0.864. The third kappa shape index (κ3) is 3.28. The molecule has 0 bridgehead atoms. The number of aliphatic hydroxyl groups excluding tert-OH is 1. The lowest BCUT2D eigenvalue weighted by molar-refractivity contribution is -0.124. The number of ether oxygens (including phenoxy) is 1. The van der Waals surface area contributed by atoms with Crippen LogP contribution in [0.5, 0.6) is 5.88 Å². The Balaban J connectivity index is 1.53. The van der Waals surface area contributed by atoms with Crippen LogP contribution in [0.3, 0.4) is 0 Å². The van der Waals surface area contributed by atoms with Gasteiger partial charge in [0.1, 0.15) is 12.2 Å². The molecule has 0 aromatic carbocycles. The highest BCUT2D eigenvalue weighted by Gasteiger charge is 2.34. The zero-order chi connectivity index (χ0) is 13.9. The largest absolute Gasteiger partial charge is 0.474 e. The number of hydrogen-bond acceptors (Lipinski definition) is 4. The maximum absolute atomic E-state index is 11.7. The molecule has 1 unspecified atom stereocenters. The van der Waals surface area contributed by atoms with Crippen LogP contribution in [-0.2, 0) is 4.79 Å².